The molecule has 3 aromatic rings. The minimum Gasteiger partial charge on any atom is -0.512 e. The van der Waals surface area contributed by atoms with Gasteiger partial charge in [-0.15, -0.1) is 0 Å². The zero-order chi connectivity index (χ0) is 16.4. The number of aromatic nitrogens is 2. The summed E-state index contributed by atoms with van der Waals surface area (Å²) in [6.07, 6.45) is -1.04. The van der Waals surface area contributed by atoms with Crippen molar-refractivity contribution >= 4 is 18.4 Å². The number of para-hydroxylation sites is 1. The van der Waals surface area contributed by atoms with E-state index in [1.54, 1.807) is 41.0 Å². The van der Waals surface area contributed by atoms with Crippen LogP contribution in [0.2, 0.25) is 0 Å². The van der Waals surface area contributed by atoms with Crippen molar-refractivity contribution in [3.8, 4) is 5.75 Å². The lowest BCUT2D eigenvalue weighted by Gasteiger charge is -2.08. The molecule has 0 aliphatic rings. The van der Waals surface area contributed by atoms with E-state index in [9.17, 15) is 8.78 Å². The van der Waals surface area contributed by atoms with Gasteiger partial charge in [0.2, 0.25) is 0 Å². The zero-order valence-corrected chi connectivity index (χ0v) is 11.9. The van der Waals surface area contributed by atoms with Crippen LogP contribution in [0.1, 0.15) is 17.6 Å². The van der Waals surface area contributed by atoms with Crippen LogP contribution in [0, 0.1) is 0 Å². The summed E-state index contributed by atoms with van der Waals surface area (Å²) in [5.74, 6) is 0.319. The highest BCUT2D eigenvalue weighted by molar-refractivity contribution is 6.33. The van der Waals surface area contributed by atoms with E-state index in [1.165, 1.54) is 12.4 Å². The first kappa shape index (κ1) is 15.5. The van der Waals surface area contributed by atoms with E-state index in [-0.39, 0.29) is 5.56 Å². The largest absolute Gasteiger partial charge is 0.707 e. The Hall–Kier alpha value is -2.45. The highest BCUT2D eigenvalue weighted by atomic mass is 19.3. The van der Waals surface area contributed by atoms with Gasteiger partial charge in [-0.1, -0.05) is 24.3 Å². The van der Waals surface area contributed by atoms with E-state index in [1.807, 2.05) is 0 Å². The maximum atomic E-state index is 13.0. The van der Waals surface area contributed by atoms with Gasteiger partial charge in [-0.25, -0.2) is 13.8 Å². The topological polar surface area (TPSA) is 67.5 Å². The summed E-state index contributed by atoms with van der Waals surface area (Å²) < 4.78 is 32.5. The first-order valence-electron chi connectivity index (χ1n) is 6.88. The third-order valence-electron chi connectivity index (χ3n) is 3.43. The Morgan fingerprint density at radius 3 is 2.52 bits per heavy atom. The second-order valence-electron chi connectivity index (χ2n) is 4.98. The molecular formula is C15H13BF2N2O3. The molecule has 3 rings (SSSR count). The molecule has 0 radical (unpaired) electrons. The highest BCUT2D eigenvalue weighted by Gasteiger charge is 2.15. The molecule has 0 unspecified atom stereocenters. The van der Waals surface area contributed by atoms with Gasteiger partial charge in [-0.3, -0.25) is 0 Å². The number of fused-ring (bicyclic) bond motifs is 1. The average molecular weight is 318 g/mol. The predicted octanol–water partition coefficient (Wildman–Crippen LogP) is 2.37. The molecule has 23 heavy (non-hydrogen) atoms. The first-order chi connectivity index (χ1) is 11.0. The Bertz CT molecular complexity index is 806. The number of halogens is 2. The molecule has 0 atom stereocenters. The lowest BCUT2D eigenvalue weighted by molar-refractivity contribution is 0.153. The third-order valence-corrected chi connectivity index (χ3v) is 3.43. The van der Waals surface area contributed by atoms with Crippen molar-refractivity contribution in [2.24, 2.45) is 0 Å². The van der Waals surface area contributed by atoms with Crippen LogP contribution >= 0.6 is 0 Å². The maximum Gasteiger partial charge on any atom is 0.707 e. The van der Waals surface area contributed by atoms with Crippen molar-refractivity contribution in [1.82, 2.24) is 9.55 Å². The van der Waals surface area contributed by atoms with Gasteiger partial charge in [0.15, 0.2) is 0 Å². The quantitative estimate of drug-likeness (QED) is 0.709. The molecular weight excluding hydrogens is 305 g/mol. The normalized spacial score (nSPS) is 11.2. The van der Waals surface area contributed by atoms with Crippen LogP contribution in [0.3, 0.4) is 0 Å². The van der Waals surface area contributed by atoms with Crippen LogP contribution in [0.25, 0.3) is 11.0 Å². The van der Waals surface area contributed by atoms with Gasteiger partial charge in [-0.05, 0) is 23.8 Å². The fourth-order valence-electron chi connectivity index (χ4n) is 2.40. The monoisotopic (exact) mass is 318 g/mol. The van der Waals surface area contributed by atoms with Crippen LogP contribution in [0.4, 0.5) is 8.78 Å². The minimum absolute atomic E-state index is 0.0815. The number of hydrogen-bond donors (Lipinski definition) is 2. The van der Waals surface area contributed by atoms with Gasteiger partial charge < -0.3 is 19.3 Å². The lowest BCUT2D eigenvalue weighted by atomic mass is 10.1. The molecule has 0 bridgehead atoms. The van der Waals surface area contributed by atoms with Gasteiger partial charge >= 0.3 is 7.32 Å². The molecule has 118 valence electrons. The molecule has 0 aliphatic carbocycles. The van der Waals surface area contributed by atoms with Crippen LogP contribution in [0.15, 0.2) is 48.8 Å². The van der Waals surface area contributed by atoms with Crippen LogP contribution < -0.4 is 4.65 Å². The number of rotatable bonds is 5. The summed E-state index contributed by atoms with van der Waals surface area (Å²) in [5, 5.41) is 17.5. The molecule has 0 spiro atoms. The van der Waals surface area contributed by atoms with Crippen molar-refractivity contribution in [2.45, 2.75) is 13.0 Å². The summed E-state index contributed by atoms with van der Waals surface area (Å²) in [4.78, 5) is 4.09. The SMILES string of the molecule is OB(O)Oc1ccc(Cn2cnc3c(C(F)F)cccc32)cc1. The second kappa shape index (κ2) is 6.35. The average Bonchev–Trinajstić information content (AvgIpc) is 2.91. The fraction of sp³-hybridized carbons (Fsp3) is 0.133. The Morgan fingerprint density at radius 1 is 1.13 bits per heavy atom. The van der Waals surface area contributed by atoms with Crippen molar-refractivity contribution < 1.29 is 23.5 Å². The molecule has 8 heteroatoms. The van der Waals surface area contributed by atoms with Gasteiger partial charge in [0.25, 0.3) is 6.43 Å². The second-order valence-corrected chi connectivity index (χ2v) is 4.98. The summed E-state index contributed by atoms with van der Waals surface area (Å²) in [6.45, 7) is 0.450. The van der Waals surface area contributed by atoms with Crippen LogP contribution in [0.5, 0.6) is 5.75 Å². The summed E-state index contributed by atoms with van der Waals surface area (Å²) in [7, 11) is -1.87. The van der Waals surface area contributed by atoms with E-state index < -0.39 is 13.7 Å². The van der Waals surface area contributed by atoms with E-state index in [2.05, 4.69) is 4.98 Å². The maximum absolute atomic E-state index is 13.0. The van der Waals surface area contributed by atoms with Crippen molar-refractivity contribution in [3.05, 3.63) is 59.9 Å². The fourth-order valence-corrected chi connectivity index (χ4v) is 2.40. The Balaban J connectivity index is 1.86. The van der Waals surface area contributed by atoms with Gasteiger partial charge in [0, 0.05) is 12.1 Å². The summed E-state index contributed by atoms with van der Waals surface area (Å²) in [5.41, 5.74) is 1.74. The van der Waals surface area contributed by atoms with Gasteiger partial charge in [0.1, 0.15) is 5.75 Å². The number of imidazole rings is 1. The van der Waals surface area contributed by atoms with Gasteiger partial charge in [0.05, 0.1) is 17.4 Å². The van der Waals surface area contributed by atoms with E-state index >= 15 is 0 Å². The molecule has 1 aromatic heterocycles. The molecule has 5 nitrogen and oxygen atoms in total. The predicted molar refractivity (Wildman–Crippen MR) is 81.1 cm³/mol. The van der Waals surface area contributed by atoms with E-state index in [4.69, 9.17) is 14.7 Å². The smallest absolute Gasteiger partial charge is 0.512 e. The van der Waals surface area contributed by atoms with Crippen molar-refractivity contribution in [2.75, 3.05) is 0 Å². The van der Waals surface area contributed by atoms with Gasteiger partial charge in [-0.2, -0.15) is 0 Å². The molecule has 0 saturated heterocycles. The summed E-state index contributed by atoms with van der Waals surface area (Å²) in [6, 6.07) is 11.4. The van der Waals surface area contributed by atoms with E-state index in [0.29, 0.717) is 23.3 Å². The van der Waals surface area contributed by atoms with E-state index in [0.717, 1.165) is 5.56 Å². The Labute approximate surface area is 130 Å². The minimum atomic E-state index is -2.57. The van der Waals surface area contributed by atoms with Crippen LogP contribution in [-0.4, -0.2) is 26.9 Å². The highest BCUT2D eigenvalue weighted by Crippen LogP contribution is 2.27. The Kier molecular flexibility index (Phi) is 4.27. The summed E-state index contributed by atoms with van der Waals surface area (Å²) >= 11 is 0. The first-order valence-corrected chi connectivity index (χ1v) is 6.88. The number of benzene rings is 2. The molecule has 2 aromatic carbocycles. The molecule has 0 aliphatic heterocycles. The number of alkyl halides is 2. The molecule has 1 heterocycles. The van der Waals surface area contributed by atoms with Crippen molar-refractivity contribution in [3.63, 3.8) is 0 Å². The number of nitrogens with zero attached hydrogens (tertiary/aromatic N) is 2. The molecule has 0 amide bonds. The molecule has 0 fully saturated rings. The zero-order valence-electron chi connectivity index (χ0n) is 11.9. The lowest BCUT2D eigenvalue weighted by Crippen LogP contribution is -2.20. The Morgan fingerprint density at radius 2 is 1.87 bits per heavy atom. The third kappa shape index (κ3) is 3.33. The molecule has 0 saturated carbocycles. The standard InChI is InChI=1S/C15H13BF2N2O3/c17-15(18)12-2-1-3-13-14(12)19-9-20(13)8-10-4-6-11(7-5-10)23-16(21)22/h1-7,9,15,21-22H,8H2. The van der Waals surface area contributed by atoms with Crippen LogP contribution in [-0.2, 0) is 6.54 Å². The number of hydrogen-bond acceptors (Lipinski definition) is 4. The van der Waals surface area contributed by atoms with Crippen molar-refractivity contribution in [1.29, 1.82) is 0 Å². The molecule has 2 N–H and O–H groups in total.